The topological polar surface area (TPSA) is 143 Å². The van der Waals surface area contributed by atoms with Crippen LogP contribution < -0.4 is 14.2 Å². The Morgan fingerprint density at radius 3 is 2.25 bits per heavy atom. The van der Waals surface area contributed by atoms with E-state index in [2.05, 4.69) is 41.7 Å². The zero-order valence-corrected chi connectivity index (χ0v) is 23.7. The molecule has 0 amide bonds. The summed E-state index contributed by atoms with van der Waals surface area (Å²) in [5, 5.41) is 7.39. The number of anilines is 1. The normalized spacial score (nSPS) is 12.7. The lowest BCUT2D eigenvalue weighted by atomic mass is 10.2. The number of nitrogens with zero attached hydrogens (tertiary/aromatic N) is 6. The summed E-state index contributed by atoms with van der Waals surface area (Å²) in [5.41, 5.74) is 2.50. The molecule has 4 rings (SSSR count). The second-order valence-corrected chi connectivity index (χ2v) is 10.7. The van der Waals surface area contributed by atoms with Crippen LogP contribution in [-0.2, 0) is 14.8 Å². The van der Waals surface area contributed by atoms with Gasteiger partial charge in [-0.05, 0) is 44.5 Å². The monoisotopic (exact) mass is 563 g/mol. The third-order valence-corrected chi connectivity index (χ3v) is 7.71. The number of pyridine rings is 1. The highest BCUT2D eigenvalue weighted by Crippen LogP contribution is 2.38. The van der Waals surface area contributed by atoms with Crippen molar-refractivity contribution < 1.29 is 22.6 Å². The van der Waals surface area contributed by atoms with Gasteiger partial charge in [0.05, 0.1) is 19.8 Å². The second-order valence-electron chi connectivity index (χ2n) is 8.66. The van der Waals surface area contributed by atoms with Crippen LogP contribution in [0.25, 0.3) is 17.1 Å². The molecular formula is C27H29N7O5S. The first-order valence-corrected chi connectivity index (χ1v) is 13.7. The van der Waals surface area contributed by atoms with E-state index in [1.54, 1.807) is 37.5 Å². The van der Waals surface area contributed by atoms with Gasteiger partial charge in [0.2, 0.25) is 16.0 Å². The Morgan fingerprint density at radius 2 is 1.68 bits per heavy atom. The maximum atomic E-state index is 13.7. The van der Waals surface area contributed by atoms with Crippen molar-refractivity contribution in [1.29, 1.82) is 0 Å². The van der Waals surface area contributed by atoms with Crippen molar-refractivity contribution in [2.45, 2.75) is 32.1 Å². The van der Waals surface area contributed by atoms with Crippen LogP contribution in [0, 0.1) is 18.8 Å². The van der Waals surface area contributed by atoms with Gasteiger partial charge in [-0.25, -0.2) is 18.4 Å². The van der Waals surface area contributed by atoms with E-state index in [4.69, 9.17) is 14.2 Å². The zero-order valence-electron chi connectivity index (χ0n) is 22.9. The molecule has 0 saturated carbocycles. The highest BCUT2D eigenvalue weighted by Gasteiger charge is 2.35. The van der Waals surface area contributed by atoms with Crippen LogP contribution in [0.1, 0.15) is 36.9 Å². The maximum absolute atomic E-state index is 13.7. The number of para-hydroxylation sites is 1. The van der Waals surface area contributed by atoms with Gasteiger partial charge in [0.15, 0.2) is 11.6 Å². The minimum Gasteiger partial charge on any atom is -0.494 e. The quantitative estimate of drug-likeness (QED) is 0.285. The zero-order chi connectivity index (χ0) is 28.9. The molecule has 0 saturated heterocycles. The SMILES string of the molecule is CC#Cc1cnc([C@@H](OC)[C@H](C)S(=O)(=O)Nc2nnc(-c3cncc(C)c3)n2-c2c(OC)cccc2OC)nc1. The Kier molecular flexibility index (Phi) is 8.61. The van der Waals surface area contributed by atoms with E-state index in [0.29, 0.717) is 34.1 Å². The third-order valence-electron chi connectivity index (χ3n) is 6.02. The predicted molar refractivity (Wildman–Crippen MR) is 149 cm³/mol. The Labute approximate surface area is 232 Å². The molecule has 208 valence electrons. The number of sulfonamides is 1. The molecule has 0 aliphatic rings. The van der Waals surface area contributed by atoms with E-state index in [9.17, 15) is 8.42 Å². The fourth-order valence-electron chi connectivity index (χ4n) is 4.06. The van der Waals surface area contributed by atoms with Gasteiger partial charge < -0.3 is 14.2 Å². The lowest BCUT2D eigenvalue weighted by Gasteiger charge is -2.23. The van der Waals surface area contributed by atoms with Crippen molar-refractivity contribution in [3.63, 3.8) is 0 Å². The summed E-state index contributed by atoms with van der Waals surface area (Å²) in [6.45, 7) is 5.09. The third kappa shape index (κ3) is 5.73. The molecule has 0 aliphatic carbocycles. The van der Waals surface area contributed by atoms with E-state index in [1.807, 2.05) is 13.0 Å². The summed E-state index contributed by atoms with van der Waals surface area (Å²) < 4.78 is 48.3. The van der Waals surface area contributed by atoms with Gasteiger partial charge in [0.25, 0.3) is 0 Å². The van der Waals surface area contributed by atoms with Gasteiger partial charge in [0, 0.05) is 37.5 Å². The van der Waals surface area contributed by atoms with Gasteiger partial charge in [-0.2, -0.15) is 0 Å². The van der Waals surface area contributed by atoms with Crippen molar-refractivity contribution >= 4 is 16.0 Å². The van der Waals surface area contributed by atoms with Gasteiger partial charge in [-0.15, -0.1) is 16.1 Å². The fraction of sp³-hybridized carbons (Fsp3) is 0.296. The molecule has 0 spiro atoms. The number of nitrogens with one attached hydrogen (secondary N) is 1. The van der Waals surface area contributed by atoms with E-state index < -0.39 is 21.4 Å². The summed E-state index contributed by atoms with van der Waals surface area (Å²) in [6.07, 6.45) is 5.36. The largest absolute Gasteiger partial charge is 0.494 e. The maximum Gasteiger partial charge on any atom is 0.243 e. The van der Waals surface area contributed by atoms with Crippen molar-refractivity contribution in [3.05, 3.63) is 66.0 Å². The molecule has 0 aliphatic heterocycles. The average Bonchev–Trinajstić information content (AvgIpc) is 3.36. The van der Waals surface area contributed by atoms with Crippen molar-refractivity contribution in [2.24, 2.45) is 0 Å². The number of ether oxygens (including phenoxy) is 3. The molecule has 0 unspecified atom stereocenters. The van der Waals surface area contributed by atoms with Crippen molar-refractivity contribution in [3.8, 4) is 40.4 Å². The Bertz CT molecular complexity index is 1640. The number of aryl methyl sites for hydroxylation is 1. The summed E-state index contributed by atoms with van der Waals surface area (Å²) in [7, 11) is 0.256. The van der Waals surface area contributed by atoms with Crippen molar-refractivity contribution in [2.75, 3.05) is 26.1 Å². The first kappa shape index (κ1) is 28.5. The van der Waals surface area contributed by atoms with Gasteiger partial charge in [-0.1, -0.05) is 12.0 Å². The van der Waals surface area contributed by atoms with Gasteiger partial charge in [-0.3, -0.25) is 14.3 Å². The van der Waals surface area contributed by atoms with Gasteiger partial charge in [0.1, 0.15) is 28.5 Å². The predicted octanol–water partition coefficient (Wildman–Crippen LogP) is 3.33. The molecule has 0 fully saturated rings. The first-order chi connectivity index (χ1) is 19.2. The smallest absolute Gasteiger partial charge is 0.243 e. The van der Waals surface area contributed by atoms with Crippen LogP contribution in [0.15, 0.2) is 49.1 Å². The molecule has 0 radical (unpaired) electrons. The molecule has 2 atom stereocenters. The molecule has 3 heterocycles. The standard InChI is InChI=1S/C27H29N7O5S/c1-7-9-19-14-29-25(30-15-19)24(39-6)18(3)40(35,36)33-27-32-31-26(20-12-17(2)13-28-16-20)34(27)23-21(37-4)10-8-11-22(23)38-5/h8,10-16,18,24H,1-6H3,(H,32,33)/t18-,24-/m0/s1. The molecule has 4 aromatic rings. The van der Waals surface area contributed by atoms with Crippen LogP contribution in [0.3, 0.4) is 0 Å². The molecule has 0 bridgehead atoms. The number of hydrogen-bond donors (Lipinski definition) is 1. The van der Waals surface area contributed by atoms with Crippen LogP contribution in [0.2, 0.25) is 0 Å². The van der Waals surface area contributed by atoms with Crippen LogP contribution in [0.4, 0.5) is 5.95 Å². The number of methoxy groups -OCH3 is 3. The average molecular weight is 564 g/mol. The molecule has 3 aromatic heterocycles. The lowest BCUT2D eigenvalue weighted by molar-refractivity contribution is 0.0950. The highest BCUT2D eigenvalue weighted by molar-refractivity contribution is 7.93. The Hall–Kier alpha value is -4.54. The minimum atomic E-state index is -4.14. The number of rotatable bonds is 10. The minimum absolute atomic E-state index is 0.0875. The first-order valence-electron chi connectivity index (χ1n) is 12.1. The van der Waals surface area contributed by atoms with E-state index >= 15 is 0 Å². The molecule has 13 heteroatoms. The summed E-state index contributed by atoms with van der Waals surface area (Å²) in [4.78, 5) is 12.8. The Morgan fingerprint density at radius 1 is 1.00 bits per heavy atom. The number of aromatic nitrogens is 6. The van der Waals surface area contributed by atoms with E-state index in [0.717, 1.165) is 5.56 Å². The van der Waals surface area contributed by atoms with E-state index in [-0.39, 0.29) is 11.8 Å². The van der Waals surface area contributed by atoms with Crippen LogP contribution in [-0.4, -0.2) is 64.7 Å². The second kappa shape index (κ2) is 12.1. The van der Waals surface area contributed by atoms with Crippen LogP contribution >= 0.6 is 0 Å². The lowest BCUT2D eigenvalue weighted by Crippen LogP contribution is -2.33. The van der Waals surface area contributed by atoms with Crippen LogP contribution in [0.5, 0.6) is 11.5 Å². The number of hydrogen-bond acceptors (Lipinski definition) is 10. The molecule has 1 N–H and O–H groups in total. The van der Waals surface area contributed by atoms with Crippen molar-refractivity contribution in [1.82, 2.24) is 29.7 Å². The summed E-state index contributed by atoms with van der Waals surface area (Å²) in [5.74, 6) is 6.87. The molecule has 12 nitrogen and oxygen atoms in total. The number of benzene rings is 1. The highest BCUT2D eigenvalue weighted by atomic mass is 32.2. The van der Waals surface area contributed by atoms with Gasteiger partial charge >= 0.3 is 0 Å². The molecule has 40 heavy (non-hydrogen) atoms. The fourth-order valence-corrected chi connectivity index (χ4v) is 5.19. The molecule has 1 aromatic carbocycles. The van der Waals surface area contributed by atoms with E-state index in [1.165, 1.54) is 45.2 Å². The summed E-state index contributed by atoms with van der Waals surface area (Å²) in [6, 6.07) is 7.07. The Balaban J connectivity index is 1.81. The summed E-state index contributed by atoms with van der Waals surface area (Å²) >= 11 is 0. The molecular weight excluding hydrogens is 534 g/mol.